The lowest BCUT2D eigenvalue weighted by atomic mass is 10.3. The number of morpholine rings is 1. The molecule has 0 aliphatic carbocycles. The molecule has 0 atom stereocenters. The number of rotatable bonds is 7. The van der Waals surface area contributed by atoms with Gasteiger partial charge in [0, 0.05) is 25.7 Å². The van der Waals surface area contributed by atoms with Crippen LogP contribution in [0.2, 0.25) is 0 Å². The van der Waals surface area contributed by atoms with E-state index in [-0.39, 0.29) is 18.2 Å². The van der Waals surface area contributed by atoms with Crippen molar-refractivity contribution in [2.75, 3.05) is 57.6 Å². The van der Waals surface area contributed by atoms with Gasteiger partial charge in [0.2, 0.25) is 0 Å². The Hall–Kier alpha value is -3.24. The number of methoxy groups -OCH3 is 1. The summed E-state index contributed by atoms with van der Waals surface area (Å²) in [6, 6.07) is 10.8. The number of nitrogens with one attached hydrogen (secondary N) is 1. The molecule has 0 bridgehead atoms. The molecule has 1 amide bonds. The maximum absolute atomic E-state index is 12.1. The number of carbonyl (C=O) groups is 1. The third-order valence-electron chi connectivity index (χ3n) is 4.21. The average Bonchev–Trinajstić information content (AvgIpc) is 2.74. The van der Waals surface area contributed by atoms with Crippen LogP contribution in [0.15, 0.2) is 46.6 Å². The van der Waals surface area contributed by atoms with Crippen LogP contribution in [0.25, 0.3) is 0 Å². The number of amides is 1. The van der Waals surface area contributed by atoms with Gasteiger partial charge in [0.25, 0.3) is 0 Å². The van der Waals surface area contributed by atoms with E-state index >= 15 is 0 Å². The molecule has 0 radical (unpaired) electrons. The molecular weight excluding hydrogens is 376 g/mol. The number of pyridine rings is 1. The molecule has 10 nitrogen and oxygen atoms in total. The van der Waals surface area contributed by atoms with Crippen LogP contribution < -0.4 is 15.8 Å². The minimum absolute atomic E-state index is 0.106. The Kier molecular flexibility index (Phi) is 7.31. The van der Waals surface area contributed by atoms with Crippen LogP contribution in [0, 0.1) is 0 Å². The van der Waals surface area contributed by atoms with Crippen LogP contribution in [-0.2, 0) is 9.47 Å². The van der Waals surface area contributed by atoms with Crippen molar-refractivity contribution >= 4 is 29.1 Å². The summed E-state index contributed by atoms with van der Waals surface area (Å²) >= 11 is 0. The van der Waals surface area contributed by atoms with Gasteiger partial charge >= 0.3 is 6.09 Å². The highest BCUT2D eigenvalue weighted by Crippen LogP contribution is 2.32. The van der Waals surface area contributed by atoms with E-state index in [2.05, 4.69) is 25.4 Å². The highest BCUT2D eigenvalue weighted by Gasteiger charge is 2.15. The molecule has 0 unspecified atom stereocenters. The van der Waals surface area contributed by atoms with Crippen LogP contribution in [-0.4, -0.2) is 62.5 Å². The monoisotopic (exact) mass is 400 g/mol. The minimum Gasteiger partial charge on any atom is -0.493 e. The predicted octanol–water partition coefficient (Wildman–Crippen LogP) is 2.97. The SMILES string of the molecule is COc1cc(N=Nc2ccccc2)c(N)nc1NC(=O)OCCN1CCOCC1. The molecule has 1 aromatic carbocycles. The standard InChI is InChI=1S/C19H24N6O4/c1-27-16-13-15(24-23-14-5-3-2-4-6-14)17(20)21-18(16)22-19(26)29-12-9-25-7-10-28-11-8-25/h2-6,13H,7-12H2,1H3,(H3,20,21,22,26). The molecule has 2 heterocycles. The lowest BCUT2D eigenvalue weighted by Gasteiger charge is -2.26. The summed E-state index contributed by atoms with van der Waals surface area (Å²) in [6.45, 7) is 3.95. The Morgan fingerprint density at radius 2 is 2.03 bits per heavy atom. The van der Waals surface area contributed by atoms with Crippen molar-refractivity contribution in [2.45, 2.75) is 0 Å². The number of nitrogens with two attached hydrogens (primary N) is 1. The van der Waals surface area contributed by atoms with Crippen LogP contribution in [0.3, 0.4) is 0 Å². The smallest absolute Gasteiger partial charge is 0.412 e. The van der Waals surface area contributed by atoms with E-state index in [1.165, 1.54) is 7.11 Å². The van der Waals surface area contributed by atoms with E-state index in [0.717, 1.165) is 13.1 Å². The van der Waals surface area contributed by atoms with Crippen molar-refractivity contribution in [2.24, 2.45) is 10.2 Å². The van der Waals surface area contributed by atoms with E-state index in [1.54, 1.807) is 6.07 Å². The first-order valence-electron chi connectivity index (χ1n) is 9.21. The number of hydrogen-bond donors (Lipinski definition) is 2. The van der Waals surface area contributed by atoms with Gasteiger partial charge in [-0.2, -0.15) is 5.11 Å². The summed E-state index contributed by atoms with van der Waals surface area (Å²) in [5, 5.41) is 10.8. The summed E-state index contributed by atoms with van der Waals surface area (Å²) in [5.74, 6) is 0.556. The van der Waals surface area contributed by atoms with Gasteiger partial charge in [-0.15, -0.1) is 5.11 Å². The highest BCUT2D eigenvalue weighted by molar-refractivity contribution is 5.86. The second-order valence-corrected chi connectivity index (χ2v) is 6.19. The molecule has 154 valence electrons. The van der Waals surface area contributed by atoms with Crippen molar-refractivity contribution in [1.29, 1.82) is 0 Å². The molecule has 0 spiro atoms. The number of azo groups is 1. The van der Waals surface area contributed by atoms with Crippen LogP contribution in [0.4, 0.5) is 27.8 Å². The molecule has 3 rings (SSSR count). The van der Waals surface area contributed by atoms with E-state index in [9.17, 15) is 4.79 Å². The first kappa shape index (κ1) is 20.5. The fourth-order valence-corrected chi connectivity index (χ4v) is 2.66. The lowest BCUT2D eigenvalue weighted by molar-refractivity contribution is 0.0290. The van der Waals surface area contributed by atoms with Crippen molar-refractivity contribution < 1.29 is 19.0 Å². The largest absolute Gasteiger partial charge is 0.493 e. The zero-order valence-corrected chi connectivity index (χ0v) is 16.2. The fraction of sp³-hybridized carbons (Fsp3) is 0.368. The number of nitrogen functional groups attached to an aromatic ring is 1. The fourth-order valence-electron chi connectivity index (χ4n) is 2.66. The maximum Gasteiger partial charge on any atom is 0.412 e. The van der Waals surface area contributed by atoms with Crippen molar-refractivity contribution in [1.82, 2.24) is 9.88 Å². The first-order chi connectivity index (χ1) is 14.2. The summed E-state index contributed by atoms with van der Waals surface area (Å²) < 4.78 is 15.8. The Labute approximate surface area is 168 Å². The molecule has 2 aromatic rings. The van der Waals surface area contributed by atoms with Crippen molar-refractivity contribution in [3.8, 4) is 5.75 Å². The van der Waals surface area contributed by atoms with Crippen LogP contribution >= 0.6 is 0 Å². The van der Waals surface area contributed by atoms with Crippen LogP contribution in [0.5, 0.6) is 5.75 Å². The number of nitrogens with zero attached hydrogens (tertiary/aromatic N) is 4. The second kappa shape index (κ2) is 10.3. The molecule has 3 N–H and O–H groups in total. The Bertz CT molecular complexity index is 840. The van der Waals surface area contributed by atoms with E-state index in [4.69, 9.17) is 19.9 Å². The van der Waals surface area contributed by atoms with E-state index < -0.39 is 6.09 Å². The van der Waals surface area contributed by atoms with Gasteiger partial charge in [-0.25, -0.2) is 9.78 Å². The molecule has 1 aromatic heterocycles. The third kappa shape index (κ3) is 6.13. The van der Waals surface area contributed by atoms with Gasteiger partial charge in [0.1, 0.15) is 12.3 Å². The Balaban J connectivity index is 1.59. The molecule has 1 fully saturated rings. The normalized spacial score (nSPS) is 14.7. The van der Waals surface area contributed by atoms with Gasteiger partial charge in [0.05, 0.1) is 26.0 Å². The topological polar surface area (TPSA) is 124 Å². The van der Waals surface area contributed by atoms with Gasteiger partial charge in [-0.1, -0.05) is 18.2 Å². The van der Waals surface area contributed by atoms with Crippen molar-refractivity contribution in [3.05, 3.63) is 36.4 Å². The van der Waals surface area contributed by atoms with Crippen LogP contribution in [0.1, 0.15) is 0 Å². The summed E-state index contributed by atoms with van der Waals surface area (Å²) in [5.41, 5.74) is 6.96. The summed E-state index contributed by atoms with van der Waals surface area (Å²) in [4.78, 5) is 18.4. The highest BCUT2D eigenvalue weighted by atomic mass is 16.5. The molecule has 1 aliphatic heterocycles. The average molecular weight is 400 g/mol. The van der Waals surface area contributed by atoms with E-state index in [1.807, 2.05) is 30.3 Å². The van der Waals surface area contributed by atoms with Gasteiger partial charge in [0.15, 0.2) is 17.4 Å². The first-order valence-corrected chi connectivity index (χ1v) is 9.21. The number of ether oxygens (including phenoxy) is 3. The third-order valence-corrected chi connectivity index (χ3v) is 4.21. The van der Waals surface area contributed by atoms with Crippen molar-refractivity contribution in [3.63, 3.8) is 0 Å². The van der Waals surface area contributed by atoms with Gasteiger partial charge in [-0.3, -0.25) is 10.2 Å². The number of anilines is 2. The number of aromatic nitrogens is 1. The number of carbonyl (C=O) groups excluding carboxylic acids is 1. The molecule has 1 aliphatic rings. The molecule has 0 saturated carbocycles. The molecule has 29 heavy (non-hydrogen) atoms. The second-order valence-electron chi connectivity index (χ2n) is 6.19. The quantitative estimate of drug-likeness (QED) is 0.685. The van der Waals surface area contributed by atoms with E-state index in [0.29, 0.717) is 36.9 Å². The summed E-state index contributed by atoms with van der Waals surface area (Å²) in [7, 11) is 1.46. The lowest BCUT2D eigenvalue weighted by Crippen LogP contribution is -2.38. The van der Waals surface area contributed by atoms with Gasteiger partial charge in [-0.05, 0) is 12.1 Å². The maximum atomic E-state index is 12.1. The molecule has 1 saturated heterocycles. The number of hydrogen-bond acceptors (Lipinski definition) is 9. The zero-order chi connectivity index (χ0) is 20.5. The molecular formula is C19H24N6O4. The minimum atomic E-state index is -0.637. The molecule has 10 heteroatoms. The zero-order valence-electron chi connectivity index (χ0n) is 16.2. The Morgan fingerprint density at radius 1 is 1.28 bits per heavy atom. The Morgan fingerprint density at radius 3 is 2.76 bits per heavy atom. The predicted molar refractivity (Wildman–Crippen MR) is 108 cm³/mol. The van der Waals surface area contributed by atoms with Gasteiger partial charge < -0.3 is 19.9 Å². The number of benzene rings is 1. The summed E-state index contributed by atoms with van der Waals surface area (Å²) in [6.07, 6.45) is -0.637.